The van der Waals surface area contributed by atoms with E-state index < -0.39 is 34.0 Å². The van der Waals surface area contributed by atoms with Crippen molar-refractivity contribution in [2.24, 2.45) is 0 Å². The van der Waals surface area contributed by atoms with E-state index in [4.69, 9.17) is 0 Å². The van der Waals surface area contributed by atoms with Gasteiger partial charge in [-0.05, 0) is 30.2 Å². The predicted molar refractivity (Wildman–Crippen MR) is 85.9 cm³/mol. The van der Waals surface area contributed by atoms with E-state index in [-0.39, 0.29) is 17.8 Å². The molecule has 1 aliphatic heterocycles. The van der Waals surface area contributed by atoms with E-state index in [2.05, 4.69) is 5.32 Å². The molecule has 26 heavy (non-hydrogen) atoms. The van der Waals surface area contributed by atoms with Gasteiger partial charge in [0.2, 0.25) is 0 Å². The Morgan fingerprint density at radius 2 is 1.77 bits per heavy atom. The number of nitrogens with zero attached hydrogens (tertiary/aromatic N) is 2. The highest BCUT2D eigenvalue weighted by Crippen LogP contribution is 2.30. The molecule has 0 spiro atoms. The summed E-state index contributed by atoms with van der Waals surface area (Å²) in [6.07, 6.45) is 0. The Morgan fingerprint density at radius 1 is 1.12 bits per heavy atom. The number of non-ortho nitro benzene ring substituents is 1. The summed E-state index contributed by atoms with van der Waals surface area (Å²) >= 11 is 0. The van der Waals surface area contributed by atoms with Gasteiger partial charge in [0.1, 0.15) is 5.54 Å². The fourth-order valence-electron chi connectivity index (χ4n) is 2.75. The number of hydrogen-bond donors (Lipinski definition) is 1. The molecule has 0 radical (unpaired) electrons. The number of amides is 3. The highest BCUT2D eigenvalue weighted by molar-refractivity contribution is 6.07. The number of imide groups is 1. The number of urea groups is 1. The molecule has 1 N–H and O–H groups in total. The number of carbonyl (C=O) groups excluding carboxylic acids is 2. The molecule has 2 aromatic carbocycles. The Bertz CT molecular complexity index is 917. The number of benzene rings is 2. The molecule has 1 heterocycles. The van der Waals surface area contributed by atoms with Crippen LogP contribution in [0.3, 0.4) is 0 Å². The van der Waals surface area contributed by atoms with Gasteiger partial charge in [-0.25, -0.2) is 13.6 Å². The van der Waals surface area contributed by atoms with Gasteiger partial charge in [0.05, 0.1) is 11.5 Å². The lowest BCUT2D eigenvalue weighted by Crippen LogP contribution is -2.41. The molecule has 3 rings (SSSR count). The lowest BCUT2D eigenvalue weighted by atomic mass is 9.92. The summed E-state index contributed by atoms with van der Waals surface area (Å²) in [4.78, 5) is 36.0. The predicted octanol–water partition coefficient (Wildman–Crippen LogP) is 2.84. The molecular formula is C17H13F2N3O4. The quantitative estimate of drug-likeness (QED) is 0.515. The average Bonchev–Trinajstić information content (AvgIpc) is 2.82. The van der Waals surface area contributed by atoms with Crippen LogP contribution in [0.15, 0.2) is 42.5 Å². The number of rotatable bonds is 4. The van der Waals surface area contributed by atoms with Crippen LogP contribution in [-0.2, 0) is 16.9 Å². The van der Waals surface area contributed by atoms with Gasteiger partial charge in [-0.1, -0.05) is 18.2 Å². The molecule has 1 fully saturated rings. The van der Waals surface area contributed by atoms with Crippen molar-refractivity contribution < 1.29 is 23.3 Å². The third-order valence-corrected chi connectivity index (χ3v) is 4.26. The smallest absolute Gasteiger partial charge is 0.319 e. The van der Waals surface area contributed by atoms with Crippen LogP contribution in [0.1, 0.15) is 18.1 Å². The van der Waals surface area contributed by atoms with E-state index in [0.717, 1.165) is 17.0 Å². The molecule has 0 saturated carbocycles. The molecule has 1 atom stereocenters. The fraction of sp³-hybridized carbons (Fsp3) is 0.176. The Morgan fingerprint density at radius 3 is 2.35 bits per heavy atom. The van der Waals surface area contributed by atoms with Crippen molar-refractivity contribution in [3.63, 3.8) is 0 Å². The number of carbonyl (C=O) groups is 2. The van der Waals surface area contributed by atoms with E-state index in [1.165, 1.54) is 37.3 Å². The standard InChI is InChI=1S/C17H13F2N3O4/c1-17(11-4-7-13(18)14(19)8-11)15(23)21(16(24)20-17)9-10-2-5-12(6-3-10)22(25)26/h2-8H,9H2,1H3,(H,20,24). The minimum Gasteiger partial charge on any atom is -0.319 e. The second-order valence-corrected chi connectivity index (χ2v) is 6.00. The molecular weight excluding hydrogens is 348 g/mol. The average molecular weight is 361 g/mol. The van der Waals surface area contributed by atoms with Gasteiger partial charge in [-0.15, -0.1) is 0 Å². The first-order chi connectivity index (χ1) is 12.2. The van der Waals surface area contributed by atoms with Crippen LogP contribution in [0.4, 0.5) is 19.3 Å². The third kappa shape index (κ3) is 2.87. The van der Waals surface area contributed by atoms with Crippen molar-refractivity contribution in [3.05, 3.63) is 75.3 Å². The van der Waals surface area contributed by atoms with Crippen LogP contribution in [0.25, 0.3) is 0 Å². The summed E-state index contributed by atoms with van der Waals surface area (Å²) in [6, 6.07) is 7.69. The molecule has 2 aromatic rings. The van der Waals surface area contributed by atoms with Crippen LogP contribution in [-0.4, -0.2) is 21.8 Å². The first kappa shape index (κ1) is 17.5. The van der Waals surface area contributed by atoms with Gasteiger partial charge in [-0.3, -0.25) is 19.8 Å². The van der Waals surface area contributed by atoms with Crippen LogP contribution < -0.4 is 5.32 Å². The minimum absolute atomic E-state index is 0.109. The maximum atomic E-state index is 13.5. The number of hydrogen-bond acceptors (Lipinski definition) is 4. The van der Waals surface area contributed by atoms with Gasteiger partial charge in [0.15, 0.2) is 11.6 Å². The van der Waals surface area contributed by atoms with E-state index in [1.807, 2.05) is 0 Å². The minimum atomic E-state index is -1.54. The lowest BCUT2D eigenvalue weighted by Gasteiger charge is -2.22. The van der Waals surface area contributed by atoms with Crippen molar-refractivity contribution in [2.75, 3.05) is 0 Å². The topological polar surface area (TPSA) is 92.6 Å². The number of nitro benzene ring substituents is 1. The van der Waals surface area contributed by atoms with Crippen molar-refractivity contribution in [2.45, 2.75) is 19.0 Å². The second kappa shape index (κ2) is 6.17. The van der Waals surface area contributed by atoms with E-state index in [0.29, 0.717) is 5.56 Å². The summed E-state index contributed by atoms with van der Waals surface area (Å²) in [5, 5.41) is 13.2. The maximum absolute atomic E-state index is 13.5. The fourth-order valence-corrected chi connectivity index (χ4v) is 2.75. The Kier molecular flexibility index (Phi) is 4.15. The van der Waals surface area contributed by atoms with Crippen LogP contribution in [0.2, 0.25) is 0 Å². The summed E-state index contributed by atoms with van der Waals surface area (Å²) in [5.74, 6) is -2.82. The van der Waals surface area contributed by atoms with Crippen LogP contribution in [0.5, 0.6) is 0 Å². The third-order valence-electron chi connectivity index (χ3n) is 4.26. The zero-order chi connectivity index (χ0) is 19.1. The second-order valence-electron chi connectivity index (χ2n) is 6.00. The SMILES string of the molecule is CC1(c2ccc(F)c(F)c2)NC(=O)N(Cc2ccc([N+](=O)[O-])cc2)C1=O. The first-order valence-electron chi connectivity index (χ1n) is 7.55. The number of nitrogens with one attached hydrogen (secondary N) is 1. The molecule has 134 valence electrons. The Hall–Kier alpha value is -3.36. The number of nitro groups is 1. The summed E-state index contributed by atoms with van der Waals surface area (Å²) in [5.41, 5.74) is -1.03. The van der Waals surface area contributed by atoms with Crippen molar-refractivity contribution >= 4 is 17.6 Å². The van der Waals surface area contributed by atoms with Crippen molar-refractivity contribution in [1.29, 1.82) is 0 Å². The summed E-state index contributed by atoms with van der Waals surface area (Å²) < 4.78 is 26.6. The maximum Gasteiger partial charge on any atom is 0.325 e. The molecule has 0 aromatic heterocycles. The van der Waals surface area contributed by atoms with Crippen molar-refractivity contribution in [1.82, 2.24) is 10.2 Å². The molecule has 3 amide bonds. The Labute approximate surface area is 146 Å². The van der Waals surface area contributed by atoms with Crippen molar-refractivity contribution in [3.8, 4) is 0 Å². The van der Waals surface area contributed by atoms with Gasteiger partial charge >= 0.3 is 6.03 Å². The molecule has 1 aliphatic rings. The zero-order valence-corrected chi connectivity index (χ0v) is 13.5. The van der Waals surface area contributed by atoms with Gasteiger partial charge in [-0.2, -0.15) is 0 Å². The van der Waals surface area contributed by atoms with Gasteiger partial charge < -0.3 is 5.32 Å². The largest absolute Gasteiger partial charge is 0.325 e. The van der Waals surface area contributed by atoms with E-state index >= 15 is 0 Å². The van der Waals surface area contributed by atoms with Crippen LogP contribution in [0, 0.1) is 21.7 Å². The first-order valence-corrected chi connectivity index (χ1v) is 7.55. The zero-order valence-electron chi connectivity index (χ0n) is 13.5. The van der Waals surface area contributed by atoms with Gasteiger partial charge in [0.25, 0.3) is 11.6 Å². The normalized spacial score (nSPS) is 19.6. The van der Waals surface area contributed by atoms with Crippen LogP contribution >= 0.6 is 0 Å². The molecule has 0 bridgehead atoms. The molecule has 9 heteroatoms. The lowest BCUT2D eigenvalue weighted by molar-refractivity contribution is -0.384. The molecule has 1 unspecified atom stereocenters. The summed E-state index contributed by atoms with van der Waals surface area (Å²) in [7, 11) is 0. The highest BCUT2D eigenvalue weighted by atomic mass is 19.2. The monoisotopic (exact) mass is 361 g/mol. The molecule has 0 aliphatic carbocycles. The molecule has 7 nitrogen and oxygen atoms in total. The summed E-state index contributed by atoms with van der Waals surface area (Å²) in [6.45, 7) is 1.29. The van der Waals surface area contributed by atoms with E-state index in [9.17, 15) is 28.5 Å². The van der Waals surface area contributed by atoms with Gasteiger partial charge in [0, 0.05) is 12.1 Å². The molecule has 1 saturated heterocycles. The van der Waals surface area contributed by atoms with E-state index in [1.54, 1.807) is 0 Å². The Balaban J connectivity index is 1.86. The number of halogens is 2. The highest BCUT2D eigenvalue weighted by Gasteiger charge is 2.49.